The Morgan fingerprint density at radius 1 is 1.05 bits per heavy atom. The number of hydrogen-bond donors (Lipinski definition) is 2. The van der Waals surface area contributed by atoms with Crippen LogP contribution in [-0.2, 0) is 4.79 Å². The molecule has 0 saturated heterocycles. The Labute approximate surface area is 120 Å². The van der Waals surface area contributed by atoms with Gasteiger partial charge in [0.05, 0.1) is 0 Å². The van der Waals surface area contributed by atoms with Gasteiger partial charge in [0, 0.05) is 10.5 Å². The van der Waals surface area contributed by atoms with Crippen LogP contribution in [0.4, 0.5) is 0 Å². The van der Waals surface area contributed by atoms with Crippen molar-refractivity contribution in [3.05, 3.63) is 60.2 Å². The normalized spacial score (nSPS) is 12.9. The molecule has 0 fully saturated rings. The monoisotopic (exact) mass is 316 g/mol. The Hall–Kier alpha value is -3.51. The van der Waals surface area contributed by atoms with E-state index in [2.05, 4.69) is 0 Å². The lowest BCUT2D eigenvalue weighted by atomic mass is 10.00. The molecule has 1 rings (SSSR count). The van der Waals surface area contributed by atoms with Crippen LogP contribution in [0, 0.1) is 30.3 Å². The van der Waals surface area contributed by atoms with Crippen molar-refractivity contribution in [1.29, 1.82) is 0 Å². The van der Waals surface area contributed by atoms with Crippen molar-refractivity contribution in [3.63, 3.8) is 0 Å². The van der Waals surface area contributed by atoms with Crippen LogP contribution in [0.5, 0.6) is 5.75 Å². The molecule has 2 atom stereocenters. The molecule has 0 aliphatic rings. The molecule has 0 saturated carbocycles. The van der Waals surface area contributed by atoms with Crippen LogP contribution in [0.2, 0.25) is 0 Å². The van der Waals surface area contributed by atoms with Gasteiger partial charge < -0.3 is 10.2 Å². The van der Waals surface area contributed by atoms with Crippen LogP contribution in [0.25, 0.3) is 0 Å². The van der Waals surface area contributed by atoms with Gasteiger partial charge >= 0.3 is 12.0 Å². The summed E-state index contributed by atoms with van der Waals surface area (Å²) < 4.78 is 0. The third-order valence-corrected chi connectivity index (χ3v) is 2.60. The zero-order valence-electron chi connectivity index (χ0n) is 10.5. The highest BCUT2D eigenvalue weighted by Gasteiger charge is 2.55. The predicted octanol–water partition coefficient (Wildman–Crippen LogP) is -0.151. The highest BCUT2D eigenvalue weighted by atomic mass is 16.8. The summed E-state index contributed by atoms with van der Waals surface area (Å²) in [5, 5.41) is 46.2. The molecule has 0 heterocycles. The first kappa shape index (κ1) is 16.5. The fourth-order valence-electron chi connectivity index (χ4n) is 1.71. The maximum atomic E-state index is 11.1. The minimum absolute atomic E-state index is 0.293. The summed E-state index contributed by atoms with van der Waals surface area (Å²) in [5.74, 6) is -2.42. The Balaban J connectivity index is 3.43. The van der Waals surface area contributed by atoms with Crippen LogP contribution in [0.3, 0.4) is 0 Å². The number of phenols is 1. The zero-order valence-corrected chi connectivity index (χ0v) is 10.5. The van der Waals surface area contributed by atoms with Crippen molar-refractivity contribution in [2.45, 2.75) is 12.1 Å². The summed E-state index contributed by atoms with van der Waals surface area (Å²) in [7, 11) is 0. The highest BCUT2D eigenvalue weighted by Crippen LogP contribution is 2.26. The molecule has 1 aromatic rings. The molecule has 2 N–H and O–H groups in total. The predicted molar refractivity (Wildman–Crippen MR) is 65.1 cm³/mol. The smallest absolute Gasteiger partial charge is 0.347 e. The number of carboxylic acid groups (broad SMARTS) is 1. The molecule has 0 radical (unpaired) electrons. The molecule has 1 aromatic carbocycles. The summed E-state index contributed by atoms with van der Waals surface area (Å²) >= 11 is 0. The largest absolute Gasteiger partial charge is 0.508 e. The maximum Gasteiger partial charge on any atom is 0.347 e. The molecule has 0 spiro atoms. The van der Waals surface area contributed by atoms with Gasteiger partial charge in [-0.1, -0.05) is 0 Å². The lowest BCUT2D eigenvalue weighted by molar-refractivity contribution is -0.916. The Bertz CT molecular complexity index is 602. The number of hydrogen-bond acceptors (Lipinski definition) is 8. The van der Waals surface area contributed by atoms with Gasteiger partial charge in [0.1, 0.15) is 5.75 Å². The van der Waals surface area contributed by atoms with E-state index in [0.717, 1.165) is 24.3 Å². The first-order chi connectivity index (χ1) is 10.2. The number of carbonyl (C=O) groups is 1. The van der Waals surface area contributed by atoms with Gasteiger partial charge in [-0.25, -0.2) is 25.0 Å². The van der Waals surface area contributed by atoms with Gasteiger partial charge in [-0.15, -0.1) is 0 Å². The van der Waals surface area contributed by atoms with Crippen molar-refractivity contribution in [2.24, 2.45) is 0 Å². The van der Waals surface area contributed by atoms with Gasteiger partial charge in [0.2, 0.25) is 10.1 Å². The van der Waals surface area contributed by atoms with E-state index in [-0.39, 0.29) is 11.3 Å². The number of carboxylic acids is 1. The molecule has 13 heteroatoms. The first-order valence-electron chi connectivity index (χ1n) is 5.40. The molecule has 0 aromatic heterocycles. The number of aliphatic carboxylic acids is 1. The van der Waals surface area contributed by atoms with E-state index in [9.17, 15) is 35.1 Å². The molecule has 0 aliphatic carbocycles. The van der Waals surface area contributed by atoms with E-state index in [0.29, 0.717) is 0 Å². The van der Waals surface area contributed by atoms with E-state index < -0.39 is 38.2 Å². The van der Waals surface area contributed by atoms with Gasteiger partial charge in [0.25, 0.3) is 6.04 Å². The van der Waals surface area contributed by atoms with Crippen molar-refractivity contribution >= 4 is 5.97 Å². The van der Waals surface area contributed by atoms with Gasteiger partial charge in [0.15, 0.2) is 5.12 Å². The number of nitrogens with zero attached hydrogens (tertiary/aromatic N) is 4. The van der Waals surface area contributed by atoms with Crippen LogP contribution >= 0.6 is 0 Å². The zero-order chi connectivity index (χ0) is 17.0. The van der Waals surface area contributed by atoms with Crippen LogP contribution in [-0.4, -0.2) is 42.3 Å². The molecule has 1 unspecified atom stereocenters. The molecule has 0 amide bonds. The summed E-state index contributed by atoms with van der Waals surface area (Å²) in [6.45, 7) is 0. The number of phenolic OH excluding ortho intramolecular Hbond substituents is 1. The second kappa shape index (κ2) is 6.29. The number of hydrazine groups is 2. The first-order valence-corrected chi connectivity index (χ1v) is 5.40. The fourth-order valence-corrected chi connectivity index (χ4v) is 1.71. The highest BCUT2D eigenvalue weighted by molar-refractivity contribution is 5.74. The molecular formula is C9H8N4O9. The number of nitro groups is 3. The van der Waals surface area contributed by atoms with Gasteiger partial charge in [-0.05, 0) is 24.3 Å². The molecular weight excluding hydrogens is 308 g/mol. The third kappa shape index (κ3) is 3.33. The second-order valence-electron chi connectivity index (χ2n) is 3.90. The van der Waals surface area contributed by atoms with Crippen LogP contribution in [0.15, 0.2) is 24.3 Å². The van der Waals surface area contributed by atoms with Crippen molar-refractivity contribution in [2.75, 3.05) is 0 Å². The lowest BCUT2D eigenvalue weighted by Gasteiger charge is -2.16. The topological polar surface area (TPSA) is 190 Å². The second-order valence-corrected chi connectivity index (χ2v) is 3.90. The minimum Gasteiger partial charge on any atom is -0.508 e. The van der Waals surface area contributed by atoms with Gasteiger partial charge in [-0.3, -0.25) is 10.1 Å². The van der Waals surface area contributed by atoms with E-state index in [4.69, 9.17) is 10.2 Å². The molecule has 0 bridgehead atoms. The summed E-state index contributed by atoms with van der Waals surface area (Å²) in [6, 6.07) is -1.15. The summed E-state index contributed by atoms with van der Waals surface area (Å²) in [4.78, 5) is 42.4. The standard InChI is InChI=1S/C9H8N4O9/c14-6-3-1-5(2-4-6)7(11(17)18)8(9(15)16)10(12(19)20)13(21)22/h1-4,7-8,14H,(H,15,16)/t7?,8-/m0/s1. The lowest BCUT2D eigenvalue weighted by Crippen LogP contribution is -2.52. The molecule has 118 valence electrons. The van der Waals surface area contributed by atoms with E-state index in [1.807, 2.05) is 0 Å². The quantitative estimate of drug-likeness (QED) is 0.504. The van der Waals surface area contributed by atoms with Crippen molar-refractivity contribution in [3.8, 4) is 5.75 Å². The number of benzene rings is 1. The third-order valence-electron chi connectivity index (χ3n) is 2.60. The average Bonchev–Trinajstić information content (AvgIpc) is 2.38. The summed E-state index contributed by atoms with van der Waals surface area (Å²) in [5.41, 5.74) is -0.357. The number of aromatic hydroxyl groups is 1. The van der Waals surface area contributed by atoms with Crippen LogP contribution in [0.1, 0.15) is 11.6 Å². The summed E-state index contributed by atoms with van der Waals surface area (Å²) in [6.07, 6.45) is 0. The Morgan fingerprint density at radius 2 is 1.50 bits per heavy atom. The van der Waals surface area contributed by atoms with E-state index in [1.165, 1.54) is 0 Å². The molecule has 13 nitrogen and oxygen atoms in total. The Kier molecular flexibility index (Phi) is 4.73. The SMILES string of the molecule is O=C(O)[C@H](C(c1ccc(O)cc1)[N+](=O)[O-])N([N+](=O)[O-])[N+](=O)[O-]. The van der Waals surface area contributed by atoms with E-state index in [1.54, 1.807) is 0 Å². The molecule has 0 aliphatic heterocycles. The van der Waals surface area contributed by atoms with E-state index >= 15 is 0 Å². The maximum absolute atomic E-state index is 11.1. The average molecular weight is 316 g/mol. The van der Waals surface area contributed by atoms with Crippen LogP contribution < -0.4 is 0 Å². The Morgan fingerprint density at radius 3 is 1.82 bits per heavy atom. The van der Waals surface area contributed by atoms with Crippen molar-refractivity contribution in [1.82, 2.24) is 5.12 Å². The molecule has 22 heavy (non-hydrogen) atoms. The van der Waals surface area contributed by atoms with Crippen molar-refractivity contribution < 1.29 is 30.0 Å². The minimum atomic E-state index is -2.69. The van der Waals surface area contributed by atoms with Gasteiger partial charge in [-0.2, -0.15) is 0 Å². The fraction of sp³-hybridized carbons (Fsp3) is 0.222. The number of rotatable bonds is 7.